The fourth-order valence-electron chi connectivity index (χ4n) is 6.83. The molecule has 42 heavy (non-hydrogen) atoms. The van der Waals surface area contributed by atoms with Crippen molar-refractivity contribution in [3.8, 4) is 16.9 Å². The highest BCUT2D eigenvalue weighted by atomic mass is 16.5. The van der Waals surface area contributed by atoms with Crippen molar-refractivity contribution in [3.63, 3.8) is 0 Å². The molecule has 0 unspecified atom stereocenters. The Morgan fingerprint density at radius 2 is 1.45 bits per heavy atom. The van der Waals surface area contributed by atoms with E-state index in [1.54, 1.807) is 0 Å². The van der Waals surface area contributed by atoms with Crippen LogP contribution in [0.5, 0.6) is 5.75 Å². The number of unbranched alkanes of at least 4 members (excludes halogenated alkanes) is 2. The molecule has 0 spiro atoms. The zero-order valence-electron chi connectivity index (χ0n) is 25.4. The SMILES string of the molecule is CCCCC[C@H]1CC[C@H](c2ccc(-c3ccc(OC(=O)C4CCC(C(=O)Nc5cc[c]c(C)c5)CC4)cc3)cc2)CC1. The van der Waals surface area contributed by atoms with Crippen LogP contribution in [0.1, 0.15) is 101 Å². The number of esters is 1. The van der Waals surface area contributed by atoms with Crippen molar-refractivity contribution < 1.29 is 14.3 Å². The Bertz CT molecular complexity index is 1300. The smallest absolute Gasteiger partial charge is 0.314 e. The van der Waals surface area contributed by atoms with Gasteiger partial charge >= 0.3 is 5.97 Å². The van der Waals surface area contributed by atoms with Gasteiger partial charge in [0.05, 0.1) is 5.92 Å². The van der Waals surface area contributed by atoms with Crippen LogP contribution in [-0.4, -0.2) is 11.9 Å². The van der Waals surface area contributed by atoms with Gasteiger partial charge in [0.1, 0.15) is 5.75 Å². The van der Waals surface area contributed by atoms with Crippen LogP contribution in [0.4, 0.5) is 5.69 Å². The van der Waals surface area contributed by atoms with Crippen LogP contribution >= 0.6 is 0 Å². The molecule has 0 atom stereocenters. The summed E-state index contributed by atoms with van der Waals surface area (Å²) in [6.45, 7) is 4.24. The number of hydrogen-bond acceptors (Lipinski definition) is 3. The molecule has 2 saturated carbocycles. The third-order valence-electron chi connectivity index (χ3n) is 9.50. The van der Waals surface area contributed by atoms with E-state index in [1.165, 1.54) is 62.5 Å². The molecule has 4 heteroatoms. The lowest BCUT2D eigenvalue weighted by atomic mass is 9.77. The zero-order valence-corrected chi connectivity index (χ0v) is 25.4. The van der Waals surface area contributed by atoms with Gasteiger partial charge in [-0.3, -0.25) is 9.59 Å². The van der Waals surface area contributed by atoms with E-state index in [-0.39, 0.29) is 23.7 Å². The quantitative estimate of drug-likeness (QED) is 0.151. The number of benzene rings is 3. The molecule has 5 rings (SSSR count). The van der Waals surface area contributed by atoms with Crippen LogP contribution in [0, 0.1) is 30.7 Å². The van der Waals surface area contributed by atoms with Gasteiger partial charge in [0.2, 0.25) is 5.91 Å². The molecule has 2 fully saturated rings. The zero-order chi connectivity index (χ0) is 29.3. The van der Waals surface area contributed by atoms with Gasteiger partial charge in [0, 0.05) is 11.6 Å². The van der Waals surface area contributed by atoms with Crippen molar-refractivity contribution in [2.75, 3.05) is 5.32 Å². The molecule has 0 saturated heterocycles. The van der Waals surface area contributed by atoms with Crippen molar-refractivity contribution in [3.05, 3.63) is 83.9 Å². The summed E-state index contributed by atoms with van der Waals surface area (Å²) in [7, 11) is 0. The molecule has 0 bridgehead atoms. The van der Waals surface area contributed by atoms with Gasteiger partial charge < -0.3 is 10.1 Å². The van der Waals surface area contributed by atoms with E-state index < -0.39 is 0 Å². The number of aryl methyl sites for hydroxylation is 1. The summed E-state index contributed by atoms with van der Waals surface area (Å²) >= 11 is 0. The minimum Gasteiger partial charge on any atom is -0.426 e. The number of nitrogens with one attached hydrogen (secondary N) is 1. The monoisotopic (exact) mass is 564 g/mol. The Labute approximate surface area is 252 Å². The number of hydrogen-bond donors (Lipinski definition) is 1. The Balaban J connectivity index is 1.07. The van der Waals surface area contributed by atoms with Crippen LogP contribution in [0.25, 0.3) is 11.1 Å². The van der Waals surface area contributed by atoms with Crippen LogP contribution in [0.3, 0.4) is 0 Å². The molecule has 3 aromatic carbocycles. The number of rotatable bonds is 10. The lowest BCUT2D eigenvalue weighted by molar-refractivity contribution is -0.141. The maximum atomic E-state index is 12.9. The van der Waals surface area contributed by atoms with E-state index in [4.69, 9.17) is 4.74 Å². The maximum Gasteiger partial charge on any atom is 0.314 e. The molecule has 221 valence electrons. The average molecular weight is 565 g/mol. The summed E-state index contributed by atoms with van der Waals surface area (Å²) in [6, 6.07) is 25.6. The fourth-order valence-corrected chi connectivity index (χ4v) is 6.83. The standard InChI is InChI=1S/C38H46NO3/c1-3-4-5-8-28-10-12-29(13-11-28)30-14-16-31(17-15-30)32-22-24-36(25-23-32)42-38(41)34-20-18-33(19-21-34)37(40)39-35-9-6-7-27(2)26-35/h6,9,14-17,22-26,28-29,33-34H,3-5,8,10-13,18-21H2,1-2H3,(H,39,40)/t28-,29-,33?,34?. The normalized spacial score (nSPS) is 22.3. The van der Waals surface area contributed by atoms with Crippen molar-refractivity contribution in [2.24, 2.45) is 17.8 Å². The Hall–Kier alpha value is -3.40. The van der Waals surface area contributed by atoms with E-state index in [2.05, 4.69) is 42.6 Å². The lowest BCUT2D eigenvalue weighted by Gasteiger charge is -2.29. The third-order valence-corrected chi connectivity index (χ3v) is 9.50. The van der Waals surface area contributed by atoms with E-state index in [1.807, 2.05) is 49.4 Å². The predicted octanol–water partition coefficient (Wildman–Crippen LogP) is 9.67. The van der Waals surface area contributed by atoms with Crippen molar-refractivity contribution in [1.82, 2.24) is 0 Å². The topological polar surface area (TPSA) is 55.4 Å². The van der Waals surface area contributed by atoms with Gasteiger partial charge in [-0.1, -0.05) is 75.1 Å². The molecule has 3 aromatic rings. The van der Waals surface area contributed by atoms with Crippen LogP contribution in [0.15, 0.2) is 66.7 Å². The molecule has 2 aliphatic rings. The number of amides is 1. The summed E-state index contributed by atoms with van der Waals surface area (Å²) in [4.78, 5) is 25.6. The fraction of sp³-hybridized carbons (Fsp3) is 0.474. The van der Waals surface area contributed by atoms with Crippen LogP contribution in [0.2, 0.25) is 0 Å². The number of carbonyl (C=O) groups excluding carboxylic acids is 2. The van der Waals surface area contributed by atoms with Crippen molar-refractivity contribution in [2.45, 2.75) is 96.8 Å². The van der Waals surface area contributed by atoms with Crippen LogP contribution in [-0.2, 0) is 9.59 Å². The second kappa shape index (κ2) is 14.7. The van der Waals surface area contributed by atoms with Gasteiger partial charge in [-0.25, -0.2) is 0 Å². The molecule has 1 radical (unpaired) electrons. The first-order chi connectivity index (χ1) is 20.5. The summed E-state index contributed by atoms with van der Waals surface area (Å²) in [5.74, 6) is 1.80. The van der Waals surface area contributed by atoms with Crippen molar-refractivity contribution >= 4 is 17.6 Å². The first kappa shape index (κ1) is 30.1. The second-order valence-electron chi connectivity index (χ2n) is 12.6. The largest absolute Gasteiger partial charge is 0.426 e. The molecular weight excluding hydrogens is 518 g/mol. The Morgan fingerprint density at radius 1 is 0.810 bits per heavy atom. The second-order valence-corrected chi connectivity index (χ2v) is 12.6. The average Bonchev–Trinajstić information content (AvgIpc) is 3.02. The molecule has 0 heterocycles. The molecule has 4 nitrogen and oxygen atoms in total. The maximum absolute atomic E-state index is 12.9. The molecule has 1 amide bonds. The highest BCUT2D eigenvalue weighted by molar-refractivity contribution is 5.92. The number of carbonyl (C=O) groups is 2. The number of ether oxygens (including phenoxy) is 1. The van der Waals surface area contributed by atoms with Crippen molar-refractivity contribution in [1.29, 1.82) is 0 Å². The number of anilines is 1. The minimum atomic E-state index is -0.194. The Kier molecular flexibility index (Phi) is 10.5. The first-order valence-corrected chi connectivity index (χ1v) is 16.2. The molecule has 1 N–H and O–H groups in total. The Morgan fingerprint density at radius 3 is 2.10 bits per heavy atom. The van der Waals surface area contributed by atoms with Gasteiger partial charge in [-0.05, 0) is 123 Å². The van der Waals surface area contributed by atoms with Gasteiger partial charge in [0.15, 0.2) is 0 Å². The predicted molar refractivity (Wildman–Crippen MR) is 170 cm³/mol. The first-order valence-electron chi connectivity index (χ1n) is 16.2. The molecule has 2 aliphatic carbocycles. The van der Waals surface area contributed by atoms with Gasteiger partial charge in [-0.15, -0.1) is 0 Å². The molecule has 0 aliphatic heterocycles. The lowest BCUT2D eigenvalue weighted by Crippen LogP contribution is -2.31. The highest BCUT2D eigenvalue weighted by Crippen LogP contribution is 2.38. The van der Waals surface area contributed by atoms with Gasteiger partial charge in [0.25, 0.3) is 0 Å². The summed E-state index contributed by atoms with van der Waals surface area (Å²) in [6.07, 6.45) is 13.6. The summed E-state index contributed by atoms with van der Waals surface area (Å²) < 4.78 is 5.74. The molecular formula is C38H46NO3. The minimum absolute atomic E-state index is 0.0289. The van der Waals surface area contributed by atoms with E-state index >= 15 is 0 Å². The molecule has 0 aromatic heterocycles. The van der Waals surface area contributed by atoms with Crippen LogP contribution < -0.4 is 10.1 Å². The summed E-state index contributed by atoms with van der Waals surface area (Å²) in [5, 5.41) is 3.01. The third kappa shape index (κ3) is 8.12. The van der Waals surface area contributed by atoms with Gasteiger partial charge in [-0.2, -0.15) is 0 Å². The highest BCUT2D eigenvalue weighted by Gasteiger charge is 2.31. The summed E-state index contributed by atoms with van der Waals surface area (Å²) in [5.41, 5.74) is 5.57. The van der Waals surface area contributed by atoms with E-state index in [9.17, 15) is 9.59 Å². The van der Waals surface area contributed by atoms with E-state index in [0.29, 0.717) is 37.4 Å². The van der Waals surface area contributed by atoms with E-state index in [0.717, 1.165) is 22.7 Å².